The second-order valence-corrected chi connectivity index (χ2v) is 7.05. The Hall–Kier alpha value is -4.59. The summed E-state index contributed by atoms with van der Waals surface area (Å²) in [4.78, 5) is 25.9. The number of carbonyl (C=O) groups is 1. The van der Waals surface area contributed by atoms with E-state index < -0.39 is 0 Å². The van der Waals surface area contributed by atoms with Crippen LogP contribution in [-0.2, 0) is 6.54 Å². The van der Waals surface area contributed by atoms with Crippen LogP contribution in [0.5, 0.6) is 0 Å². The van der Waals surface area contributed by atoms with Crippen LogP contribution < -0.4 is 5.32 Å². The third kappa shape index (κ3) is 3.89. The molecule has 156 valence electrons. The number of amides is 1. The molecular weight excluding hydrogens is 402 g/mol. The van der Waals surface area contributed by atoms with Gasteiger partial charge < -0.3 is 5.32 Å². The SMILES string of the molecule is O=C(NCc1cccnc1-n1ccnc1)c1cn(-c2ccccc2)nc1-c1cccnc1. The van der Waals surface area contributed by atoms with Gasteiger partial charge in [-0.3, -0.25) is 14.3 Å². The number of nitrogens with one attached hydrogen (secondary N) is 1. The van der Waals surface area contributed by atoms with Gasteiger partial charge in [-0.15, -0.1) is 0 Å². The molecule has 4 aromatic heterocycles. The van der Waals surface area contributed by atoms with Crippen LogP contribution in [0.3, 0.4) is 0 Å². The highest BCUT2D eigenvalue weighted by Crippen LogP contribution is 2.23. The molecule has 1 aromatic carbocycles. The second-order valence-electron chi connectivity index (χ2n) is 7.05. The molecule has 8 nitrogen and oxygen atoms in total. The van der Waals surface area contributed by atoms with Crippen molar-refractivity contribution in [3.63, 3.8) is 0 Å². The van der Waals surface area contributed by atoms with Crippen LogP contribution in [0.15, 0.2) is 98.1 Å². The zero-order chi connectivity index (χ0) is 21.8. The lowest BCUT2D eigenvalue weighted by atomic mass is 10.1. The van der Waals surface area contributed by atoms with Crippen molar-refractivity contribution in [2.45, 2.75) is 6.54 Å². The van der Waals surface area contributed by atoms with E-state index in [9.17, 15) is 4.79 Å². The van der Waals surface area contributed by atoms with Gasteiger partial charge in [0.05, 0.1) is 11.3 Å². The predicted octanol–water partition coefficient (Wildman–Crippen LogP) is 3.45. The Morgan fingerprint density at radius 1 is 0.938 bits per heavy atom. The molecule has 8 heteroatoms. The number of pyridine rings is 2. The molecule has 0 bridgehead atoms. The largest absolute Gasteiger partial charge is 0.348 e. The fraction of sp³-hybridized carbons (Fsp3) is 0.0417. The monoisotopic (exact) mass is 421 g/mol. The summed E-state index contributed by atoms with van der Waals surface area (Å²) in [5.74, 6) is 0.490. The number of benzene rings is 1. The Kier molecular flexibility index (Phi) is 5.24. The number of nitrogens with zero attached hydrogens (tertiary/aromatic N) is 6. The molecule has 0 aliphatic rings. The lowest BCUT2D eigenvalue weighted by Gasteiger charge is -2.10. The zero-order valence-corrected chi connectivity index (χ0v) is 17.0. The van der Waals surface area contributed by atoms with Crippen molar-refractivity contribution in [2.75, 3.05) is 0 Å². The van der Waals surface area contributed by atoms with Crippen molar-refractivity contribution in [1.82, 2.24) is 34.6 Å². The number of aromatic nitrogens is 6. The van der Waals surface area contributed by atoms with Gasteiger partial charge >= 0.3 is 0 Å². The molecule has 32 heavy (non-hydrogen) atoms. The number of para-hydroxylation sites is 1. The third-order valence-corrected chi connectivity index (χ3v) is 4.97. The zero-order valence-electron chi connectivity index (χ0n) is 17.0. The summed E-state index contributed by atoms with van der Waals surface area (Å²) in [6.07, 6.45) is 12.0. The molecule has 1 amide bonds. The molecule has 0 saturated carbocycles. The average molecular weight is 421 g/mol. The quantitative estimate of drug-likeness (QED) is 0.454. The average Bonchev–Trinajstić information content (AvgIpc) is 3.55. The van der Waals surface area contributed by atoms with Gasteiger partial charge in [-0.25, -0.2) is 14.6 Å². The lowest BCUT2D eigenvalue weighted by Crippen LogP contribution is -2.24. The van der Waals surface area contributed by atoms with E-state index >= 15 is 0 Å². The van der Waals surface area contributed by atoms with Gasteiger partial charge in [-0.05, 0) is 30.3 Å². The highest BCUT2D eigenvalue weighted by atomic mass is 16.1. The normalized spacial score (nSPS) is 10.8. The van der Waals surface area contributed by atoms with Gasteiger partial charge in [0.25, 0.3) is 5.91 Å². The van der Waals surface area contributed by atoms with Gasteiger partial charge in [0, 0.05) is 54.9 Å². The Morgan fingerprint density at radius 3 is 2.59 bits per heavy atom. The number of imidazole rings is 1. The summed E-state index contributed by atoms with van der Waals surface area (Å²) >= 11 is 0. The molecule has 4 heterocycles. The van der Waals surface area contributed by atoms with E-state index in [-0.39, 0.29) is 5.91 Å². The molecule has 0 aliphatic carbocycles. The van der Waals surface area contributed by atoms with Crippen LogP contribution in [0.1, 0.15) is 15.9 Å². The lowest BCUT2D eigenvalue weighted by molar-refractivity contribution is 0.0951. The van der Waals surface area contributed by atoms with E-state index in [4.69, 9.17) is 0 Å². The molecule has 5 aromatic rings. The van der Waals surface area contributed by atoms with E-state index in [1.165, 1.54) is 0 Å². The van der Waals surface area contributed by atoms with E-state index in [1.54, 1.807) is 42.0 Å². The maximum Gasteiger partial charge on any atom is 0.255 e. The molecule has 0 fully saturated rings. The van der Waals surface area contributed by atoms with Crippen molar-refractivity contribution in [1.29, 1.82) is 0 Å². The first-order valence-corrected chi connectivity index (χ1v) is 10.1. The summed E-state index contributed by atoms with van der Waals surface area (Å²) in [7, 11) is 0. The Labute approximate surface area is 184 Å². The van der Waals surface area contributed by atoms with E-state index in [0.717, 1.165) is 22.6 Å². The van der Waals surface area contributed by atoms with Gasteiger partial charge in [0.2, 0.25) is 0 Å². The first-order valence-electron chi connectivity index (χ1n) is 10.1. The van der Waals surface area contributed by atoms with Crippen LogP contribution in [-0.4, -0.2) is 35.2 Å². The van der Waals surface area contributed by atoms with Crippen LogP contribution in [0.4, 0.5) is 0 Å². The van der Waals surface area contributed by atoms with Gasteiger partial charge in [0.15, 0.2) is 0 Å². The van der Waals surface area contributed by atoms with E-state index in [2.05, 4.69) is 25.4 Å². The number of hydrogen-bond acceptors (Lipinski definition) is 5. The van der Waals surface area contributed by atoms with Crippen LogP contribution in [0, 0.1) is 0 Å². The third-order valence-electron chi connectivity index (χ3n) is 4.97. The molecule has 1 N–H and O–H groups in total. The minimum Gasteiger partial charge on any atom is -0.348 e. The van der Waals surface area contributed by atoms with Crippen LogP contribution in [0.25, 0.3) is 22.8 Å². The van der Waals surface area contributed by atoms with Crippen molar-refractivity contribution in [3.05, 3.63) is 109 Å². The molecule has 0 saturated heterocycles. The molecule has 0 aliphatic heterocycles. The van der Waals surface area contributed by atoms with E-state index in [1.807, 2.05) is 65.4 Å². The predicted molar refractivity (Wildman–Crippen MR) is 119 cm³/mol. The van der Waals surface area contributed by atoms with Gasteiger partial charge in [0.1, 0.15) is 17.8 Å². The summed E-state index contributed by atoms with van der Waals surface area (Å²) < 4.78 is 3.52. The fourth-order valence-corrected chi connectivity index (χ4v) is 3.43. The number of carbonyl (C=O) groups excluding carboxylic acids is 1. The summed E-state index contributed by atoms with van der Waals surface area (Å²) in [6, 6.07) is 17.2. The van der Waals surface area contributed by atoms with Crippen molar-refractivity contribution >= 4 is 5.91 Å². The molecule has 0 radical (unpaired) electrons. The van der Waals surface area contributed by atoms with Crippen molar-refractivity contribution in [3.8, 4) is 22.8 Å². The maximum absolute atomic E-state index is 13.2. The molecular formula is C24H19N7O. The smallest absolute Gasteiger partial charge is 0.255 e. The standard InChI is InChI=1S/C24H19N7O/c32-24(28-15-19-7-5-11-27-23(19)30-13-12-26-17-30)21-16-31(20-8-2-1-3-9-20)29-22(21)18-6-4-10-25-14-18/h1-14,16-17H,15H2,(H,28,32). The van der Waals surface area contributed by atoms with Crippen LogP contribution in [0.2, 0.25) is 0 Å². The summed E-state index contributed by atoms with van der Waals surface area (Å²) in [6.45, 7) is 0.309. The molecule has 0 spiro atoms. The fourth-order valence-electron chi connectivity index (χ4n) is 3.43. The Bertz CT molecular complexity index is 1330. The van der Waals surface area contributed by atoms with Crippen LogP contribution >= 0.6 is 0 Å². The van der Waals surface area contributed by atoms with E-state index in [0.29, 0.717) is 17.8 Å². The molecule has 0 atom stereocenters. The minimum absolute atomic E-state index is 0.230. The highest BCUT2D eigenvalue weighted by Gasteiger charge is 2.19. The van der Waals surface area contributed by atoms with Crippen molar-refractivity contribution in [2.24, 2.45) is 0 Å². The molecule has 0 unspecified atom stereocenters. The molecule has 5 rings (SSSR count). The summed E-state index contributed by atoms with van der Waals surface area (Å²) in [5.41, 5.74) is 3.55. The summed E-state index contributed by atoms with van der Waals surface area (Å²) in [5, 5.41) is 7.68. The first-order chi connectivity index (χ1) is 15.8. The minimum atomic E-state index is -0.230. The highest BCUT2D eigenvalue weighted by molar-refractivity contribution is 5.99. The number of hydrogen-bond donors (Lipinski definition) is 1. The van der Waals surface area contributed by atoms with Gasteiger partial charge in [-0.1, -0.05) is 24.3 Å². The van der Waals surface area contributed by atoms with Gasteiger partial charge in [-0.2, -0.15) is 5.10 Å². The maximum atomic E-state index is 13.2. The Morgan fingerprint density at radius 2 is 1.81 bits per heavy atom. The topological polar surface area (TPSA) is 90.5 Å². The first kappa shape index (κ1) is 19.4. The Balaban J connectivity index is 1.46. The number of rotatable bonds is 6. The second kappa shape index (κ2) is 8.65. The van der Waals surface area contributed by atoms with Crippen molar-refractivity contribution < 1.29 is 4.79 Å².